The Hall–Kier alpha value is -1.50. The van der Waals surface area contributed by atoms with Crippen molar-refractivity contribution in [1.29, 1.82) is 0 Å². The highest BCUT2D eigenvalue weighted by atomic mass is 16.3. The van der Waals surface area contributed by atoms with Crippen molar-refractivity contribution >= 4 is 0 Å². The highest BCUT2D eigenvalue weighted by molar-refractivity contribution is 5.35. The lowest BCUT2D eigenvalue weighted by molar-refractivity contribution is 0.471. The Morgan fingerprint density at radius 1 is 1.42 bits per heavy atom. The zero-order valence-electron chi connectivity index (χ0n) is 11.9. The Morgan fingerprint density at radius 2 is 2.26 bits per heavy atom. The van der Waals surface area contributed by atoms with E-state index in [0.717, 1.165) is 18.4 Å². The van der Waals surface area contributed by atoms with E-state index in [1.165, 1.54) is 36.8 Å². The van der Waals surface area contributed by atoms with Gasteiger partial charge in [-0.3, -0.25) is 0 Å². The molecule has 0 heterocycles. The highest BCUT2D eigenvalue weighted by Gasteiger charge is 2.12. The van der Waals surface area contributed by atoms with Gasteiger partial charge in [-0.05, 0) is 68.6 Å². The van der Waals surface area contributed by atoms with Crippen LogP contribution in [0.4, 0.5) is 0 Å². The zero-order chi connectivity index (χ0) is 13.7. The van der Waals surface area contributed by atoms with E-state index in [-0.39, 0.29) is 0 Å². The summed E-state index contributed by atoms with van der Waals surface area (Å²) < 4.78 is 0. The molecule has 1 nitrogen and oxygen atoms in total. The van der Waals surface area contributed by atoms with E-state index in [2.05, 4.69) is 24.8 Å². The molecule has 19 heavy (non-hydrogen) atoms. The van der Waals surface area contributed by atoms with Gasteiger partial charge in [0.1, 0.15) is 5.75 Å². The number of phenols is 1. The highest BCUT2D eigenvalue weighted by Crippen LogP contribution is 2.28. The lowest BCUT2D eigenvalue weighted by Gasteiger charge is -2.20. The fraction of sp³-hybridized carbons (Fsp3) is 0.444. The van der Waals surface area contributed by atoms with Gasteiger partial charge in [0.05, 0.1) is 0 Å². The van der Waals surface area contributed by atoms with E-state index in [9.17, 15) is 5.11 Å². The molecule has 0 saturated heterocycles. The molecule has 1 aromatic rings. The Kier molecular flexibility index (Phi) is 4.84. The molecule has 1 aliphatic carbocycles. The molecule has 102 valence electrons. The van der Waals surface area contributed by atoms with Gasteiger partial charge in [-0.25, -0.2) is 0 Å². The molecule has 1 fully saturated rings. The van der Waals surface area contributed by atoms with Crippen molar-refractivity contribution in [2.75, 3.05) is 0 Å². The van der Waals surface area contributed by atoms with Crippen LogP contribution in [0.2, 0.25) is 0 Å². The molecule has 1 heteroatoms. The first-order valence-electron chi connectivity index (χ1n) is 7.27. The minimum absolute atomic E-state index is 0.389. The third kappa shape index (κ3) is 4.27. The van der Waals surface area contributed by atoms with Crippen LogP contribution in [0.15, 0.2) is 42.5 Å². The maximum atomic E-state index is 9.49. The van der Waals surface area contributed by atoms with Crippen molar-refractivity contribution in [1.82, 2.24) is 0 Å². The van der Waals surface area contributed by atoms with Gasteiger partial charge in [-0.2, -0.15) is 0 Å². The third-order valence-corrected chi connectivity index (χ3v) is 3.93. The Balaban J connectivity index is 1.79. The van der Waals surface area contributed by atoms with Crippen molar-refractivity contribution in [3.63, 3.8) is 0 Å². The summed E-state index contributed by atoms with van der Waals surface area (Å²) in [6.45, 7) is 6.05. The normalized spacial score (nSPS) is 20.1. The molecule has 2 rings (SSSR count). The average molecular weight is 256 g/mol. The van der Waals surface area contributed by atoms with Crippen molar-refractivity contribution in [3.05, 3.63) is 53.6 Å². The second kappa shape index (κ2) is 6.60. The first kappa shape index (κ1) is 13.9. The molecular formula is C18H24O. The van der Waals surface area contributed by atoms with Crippen molar-refractivity contribution in [3.8, 4) is 5.75 Å². The number of rotatable bonds is 4. The van der Waals surface area contributed by atoms with Crippen LogP contribution < -0.4 is 0 Å². The smallest absolute Gasteiger partial charge is 0.118 e. The quantitative estimate of drug-likeness (QED) is 0.757. The second-order valence-corrected chi connectivity index (χ2v) is 5.69. The van der Waals surface area contributed by atoms with Gasteiger partial charge >= 0.3 is 0 Å². The molecule has 1 atom stereocenters. The zero-order valence-corrected chi connectivity index (χ0v) is 11.9. The summed E-state index contributed by atoms with van der Waals surface area (Å²) >= 11 is 0. The van der Waals surface area contributed by atoms with Crippen LogP contribution in [0.5, 0.6) is 5.75 Å². The molecule has 0 aliphatic heterocycles. The summed E-state index contributed by atoms with van der Waals surface area (Å²) in [6.07, 6.45) is 11.8. The summed E-state index contributed by atoms with van der Waals surface area (Å²) in [4.78, 5) is 0. The molecule has 1 N–H and O–H groups in total. The Labute approximate surface area is 116 Å². The van der Waals surface area contributed by atoms with Crippen LogP contribution in [0.25, 0.3) is 0 Å². The van der Waals surface area contributed by atoms with Gasteiger partial charge in [-0.1, -0.05) is 36.4 Å². The van der Waals surface area contributed by atoms with Crippen LogP contribution in [0, 0.1) is 12.8 Å². The van der Waals surface area contributed by atoms with E-state index in [1.54, 1.807) is 6.07 Å². The van der Waals surface area contributed by atoms with E-state index >= 15 is 0 Å². The molecule has 0 radical (unpaired) electrons. The van der Waals surface area contributed by atoms with Gasteiger partial charge in [0.25, 0.3) is 0 Å². The van der Waals surface area contributed by atoms with Crippen LogP contribution in [-0.2, 0) is 6.42 Å². The topological polar surface area (TPSA) is 20.2 Å². The number of benzene rings is 1. The molecule has 1 aliphatic rings. The number of aryl methyl sites for hydroxylation is 2. The number of hydrogen-bond acceptors (Lipinski definition) is 1. The first-order chi connectivity index (χ1) is 9.15. The van der Waals surface area contributed by atoms with E-state index in [1.807, 2.05) is 13.0 Å². The van der Waals surface area contributed by atoms with E-state index in [4.69, 9.17) is 0 Å². The van der Waals surface area contributed by atoms with E-state index < -0.39 is 0 Å². The lowest BCUT2D eigenvalue weighted by Crippen LogP contribution is -2.04. The van der Waals surface area contributed by atoms with Gasteiger partial charge in [-0.15, -0.1) is 0 Å². The lowest BCUT2D eigenvalue weighted by atomic mass is 9.86. The number of phenolic OH excluding ortho intramolecular Hbond substituents is 1. The van der Waals surface area contributed by atoms with E-state index in [0.29, 0.717) is 11.7 Å². The standard InChI is InChI=1S/C18H24O/c1-14-6-5-9-16(12-14)7-3-4-8-17-10-11-18(19)15(2)13-17/h3,7,10-11,13,16,19H,1,4-6,8-9,12H2,2H3/b7-3+. The second-order valence-electron chi connectivity index (χ2n) is 5.69. The predicted octanol–water partition coefficient (Wildman–Crippen LogP) is 4.94. The molecule has 1 unspecified atom stereocenters. The predicted molar refractivity (Wildman–Crippen MR) is 81.4 cm³/mol. The summed E-state index contributed by atoms with van der Waals surface area (Å²) in [5.74, 6) is 1.10. The van der Waals surface area contributed by atoms with Crippen LogP contribution >= 0.6 is 0 Å². The minimum Gasteiger partial charge on any atom is -0.508 e. The molecule has 0 amide bonds. The summed E-state index contributed by atoms with van der Waals surface area (Å²) in [5.41, 5.74) is 3.67. The summed E-state index contributed by atoms with van der Waals surface area (Å²) in [5, 5.41) is 9.49. The van der Waals surface area contributed by atoms with Crippen molar-refractivity contribution < 1.29 is 5.11 Å². The Bertz CT molecular complexity index is 471. The Morgan fingerprint density at radius 3 is 3.00 bits per heavy atom. The number of allylic oxidation sites excluding steroid dienone is 3. The largest absolute Gasteiger partial charge is 0.508 e. The van der Waals surface area contributed by atoms with Gasteiger partial charge in [0, 0.05) is 0 Å². The molecule has 1 aromatic carbocycles. The number of aromatic hydroxyl groups is 1. The minimum atomic E-state index is 0.389. The molecule has 1 saturated carbocycles. The molecular weight excluding hydrogens is 232 g/mol. The SMILES string of the molecule is C=C1CCCC(/C=C/CCc2ccc(O)c(C)c2)C1. The maximum absolute atomic E-state index is 9.49. The van der Waals surface area contributed by atoms with Crippen molar-refractivity contribution in [2.45, 2.75) is 45.4 Å². The number of hydrogen-bond donors (Lipinski definition) is 1. The van der Waals surface area contributed by atoms with Gasteiger partial charge in [0.15, 0.2) is 0 Å². The third-order valence-electron chi connectivity index (χ3n) is 3.93. The van der Waals surface area contributed by atoms with Crippen LogP contribution in [0.3, 0.4) is 0 Å². The summed E-state index contributed by atoms with van der Waals surface area (Å²) in [6, 6.07) is 5.88. The van der Waals surface area contributed by atoms with Gasteiger partial charge < -0.3 is 5.11 Å². The molecule has 0 spiro atoms. The monoisotopic (exact) mass is 256 g/mol. The van der Waals surface area contributed by atoms with Crippen LogP contribution in [0.1, 0.15) is 43.2 Å². The fourth-order valence-electron chi connectivity index (χ4n) is 2.77. The fourth-order valence-corrected chi connectivity index (χ4v) is 2.77. The molecule has 0 bridgehead atoms. The first-order valence-corrected chi connectivity index (χ1v) is 7.27. The van der Waals surface area contributed by atoms with Crippen LogP contribution in [-0.4, -0.2) is 5.11 Å². The summed E-state index contributed by atoms with van der Waals surface area (Å²) in [7, 11) is 0. The van der Waals surface area contributed by atoms with Crippen molar-refractivity contribution in [2.24, 2.45) is 5.92 Å². The maximum Gasteiger partial charge on any atom is 0.118 e. The van der Waals surface area contributed by atoms with Gasteiger partial charge in [0.2, 0.25) is 0 Å². The average Bonchev–Trinajstić information content (AvgIpc) is 2.39. The molecule has 0 aromatic heterocycles.